The molecule has 7 heteroatoms. The molecule has 27 heavy (non-hydrogen) atoms. The van der Waals surface area contributed by atoms with Crippen LogP contribution in [0.2, 0.25) is 0 Å². The molecular weight excluding hydrogens is 362 g/mol. The molecule has 144 valence electrons. The highest BCUT2D eigenvalue weighted by atomic mass is 32.2. The minimum Gasteiger partial charge on any atom is -0.448 e. The Hall–Kier alpha value is -2.28. The van der Waals surface area contributed by atoms with Gasteiger partial charge in [0, 0.05) is 18.8 Å². The monoisotopic (exact) mass is 387 g/mol. The maximum absolute atomic E-state index is 12.8. The van der Waals surface area contributed by atoms with Gasteiger partial charge in [0.1, 0.15) is 0 Å². The summed E-state index contributed by atoms with van der Waals surface area (Å²) >= 11 is 1.45. The number of likely N-dealkylation sites (tertiary alicyclic amines) is 1. The first-order valence-corrected chi connectivity index (χ1v) is 10.5. The average molecular weight is 388 g/mol. The van der Waals surface area contributed by atoms with Gasteiger partial charge in [0.15, 0.2) is 17.0 Å². The zero-order chi connectivity index (χ0) is 19.2. The number of ether oxygens (including phenoxy) is 1. The van der Waals surface area contributed by atoms with Gasteiger partial charge in [-0.05, 0) is 38.2 Å². The fourth-order valence-electron chi connectivity index (χ4n) is 3.27. The van der Waals surface area contributed by atoms with Gasteiger partial charge in [-0.3, -0.25) is 9.36 Å². The zero-order valence-corrected chi connectivity index (χ0v) is 16.6. The maximum Gasteiger partial charge on any atom is 0.357 e. The van der Waals surface area contributed by atoms with E-state index in [0.717, 1.165) is 44.5 Å². The van der Waals surface area contributed by atoms with Crippen LogP contribution in [-0.4, -0.2) is 51.8 Å². The minimum absolute atomic E-state index is 0.124. The summed E-state index contributed by atoms with van der Waals surface area (Å²) in [5.41, 5.74) is 1.15. The van der Waals surface area contributed by atoms with Crippen LogP contribution in [0, 0.1) is 0 Å². The van der Waals surface area contributed by atoms with Gasteiger partial charge in [-0.1, -0.05) is 42.8 Å². The van der Waals surface area contributed by atoms with Crippen molar-refractivity contribution in [1.82, 2.24) is 14.5 Å². The third kappa shape index (κ3) is 4.53. The molecule has 1 unspecified atom stereocenters. The van der Waals surface area contributed by atoms with Gasteiger partial charge >= 0.3 is 5.97 Å². The fourth-order valence-corrected chi connectivity index (χ4v) is 3.81. The fraction of sp³-hybridized carbons (Fsp3) is 0.450. The van der Waals surface area contributed by atoms with Crippen LogP contribution in [0.25, 0.3) is 5.69 Å². The second-order valence-corrected chi connectivity index (χ2v) is 7.36. The summed E-state index contributed by atoms with van der Waals surface area (Å²) in [7, 11) is 0. The van der Waals surface area contributed by atoms with Crippen LogP contribution in [0.15, 0.2) is 41.7 Å². The Kier molecular flexibility index (Phi) is 6.55. The molecule has 1 aromatic carbocycles. The van der Waals surface area contributed by atoms with E-state index in [1.54, 1.807) is 11.5 Å². The number of amides is 1. The number of hydrogen-bond acceptors (Lipinski definition) is 5. The normalized spacial score (nSPS) is 15.9. The van der Waals surface area contributed by atoms with Crippen LogP contribution < -0.4 is 0 Å². The van der Waals surface area contributed by atoms with Crippen molar-refractivity contribution in [2.24, 2.45) is 0 Å². The average Bonchev–Trinajstić information content (AvgIpc) is 2.94. The lowest BCUT2D eigenvalue weighted by atomic mass is 10.2. The number of hydrogen-bond donors (Lipinski definition) is 0. The molecule has 6 nitrogen and oxygen atoms in total. The van der Waals surface area contributed by atoms with Crippen molar-refractivity contribution in [2.75, 3.05) is 19.3 Å². The standard InChI is InChI=1S/C20H25N3O3S/c1-15(18(24)22-12-8-3-4-9-13-22)26-19(25)17-14-21-20(27-2)23(17)16-10-6-5-7-11-16/h5-7,10-11,14-15H,3-4,8-9,12-13H2,1-2H3. The van der Waals surface area contributed by atoms with E-state index < -0.39 is 12.1 Å². The lowest BCUT2D eigenvalue weighted by Crippen LogP contribution is -2.40. The summed E-state index contributed by atoms with van der Waals surface area (Å²) in [6.07, 6.45) is 6.89. The maximum atomic E-state index is 12.8. The SMILES string of the molecule is CSc1ncc(C(=O)OC(C)C(=O)N2CCCCCC2)n1-c1ccccc1. The number of nitrogens with zero attached hydrogens (tertiary/aromatic N) is 3. The number of thioether (sulfide) groups is 1. The molecule has 1 aromatic heterocycles. The first kappa shape index (κ1) is 19.5. The molecule has 1 aliphatic rings. The first-order chi connectivity index (χ1) is 13.1. The molecule has 2 aromatic rings. The zero-order valence-electron chi connectivity index (χ0n) is 15.8. The molecule has 0 bridgehead atoms. The Morgan fingerprint density at radius 1 is 1.11 bits per heavy atom. The van der Waals surface area contributed by atoms with Gasteiger partial charge in [-0.2, -0.15) is 0 Å². The quantitative estimate of drug-likeness (QED) is 0.580. The van der Waals surface area contributed by atoms with E-state index in [4.69, 9.17) is 4.74 Å². The van der Waals surface area contributed by atoms with Crippen LogP contribution in [-0.2, 0) is 9.53 Å². The van der Waals surface area contributed by atoms with Crippen molar-refractivity contribution in [3.8, 4) is 5.69 Å². The molecule has 0 spiro atoms. The second-order valence-electron chi connectivity index (χ2n) is 6.59. The summed E-state index contributed by atoms with van der Waals surface area (Å²) in [6, 6.07) is 9.53. The van der Waals surface area contributed by atoms with Gasteiger partial charge in [-0.25, -0.2) is 9.78 Å². The molecule has 0 radical (unpaired) electrons. The first-order valence-electron chi connectivity index (χ1n) is 9.28. The largest absolute Gasteiger partial charge is 0.448 e. The highest BCUT2D eigenvalue weighted by Crippen LogP contribution is 2.22. The van der Waals surface area contributed by atoms with E-state index in [9.17, 15) is 9.59 Å². The topological polar surface area (TPSA) is 64.4 Å². The molecule has 3 rings (SSSR count). The number of carbonyl (C=O) groups excluding carboxylic acids is 2. The van der Waals surface area contributed by atoms with E-state index in [1.165, 1.54) is 18.0 Å². The lowest BCUT2D eigenvalue weighted by Gasteiger charge is -2.24. The van der Waals surface area contributed by atoms with Crippen LogP contribution in [0.3, 0.4) is 0 Å². The highest BCUT2D eigenvalue weighted by Gasteiger charge is 2.27. The van der Waals surface area contributed by atoms with E-state index >= 15 is 0 Å². The molecule has 1 fully saturated rings. The number of benzene rings is 1. The molecule has 1 aliphatic heterocycles. The summed E-state index contributed by atoms with van der Waals surface area (Å²) < 4.78 is 7.27. The second kappa shape index (κ2) is 9.08. The number of imidazole rings is 1. The molecule has 0 N–H and O–H groups in total. The molecule has 0 saturated carbocycles. The smallest absolute Gasteiger partial charge is 0.357 e. The minimum atomic E-state index is -0.813. The summed E-state index contributed by atoms with van der Waals surface area (Å²) in [4.78, 5) is 31.6. The lowest BCUT2D eigenvalue weighted by molar-refractivity contribution is -0.139. The van der Waals surface area contributed by atoms with Gasteiger partial charge in [-0.15, -0.1) is 0 Å². The van der Waals surface area contributed by atoms with Crippen LogP contribution in [0.5, 0.6) is 0 Å². The molecular formula is C20H25N3O3S. The van der Waals surface area contributed by atoms with E-state index in [1.807, 2.05) is 41.5 Å². The van der Waals surface area contributed by atoms with Gasteiger partial charge in [0.05, 0.1) is 6.20 Å². The Balaban J connectivity index is 1.76. The van der Waals surface area contributed by atoms with Gasteiger partial charge in [0.25, 0.3) is 5.91 Å². The predicted octanol–water partition coefficient (Wildman–Crippen LogP) is 3.54. The van der Waals surface area contributed by atoms with E-state index in [2.05, 4.69) is 4.98 Å². The summed E-state index contributed by atoms with van der Waals surface area (Å²) in [5.74, 6) is -0.663. The van der Waals surface area contributed by atoms with Crippen LogP contribution in [0.4, 0.5) is 0 Å². The number of rotatable bonds is 5. The van der Waals surface area contributed by atoms with Crippen molar-refractivity contribution in [1.29, 1.82) is 0 Å². The molecule has 1 saturated heterocycles. The number of aromatic nitrogens is 2. The van der Waals surface area contributed by atoms with Crippen molar-refractivity contribution in [3.63, 3.8) is 0 Å². The number of esters is 1. The Morgan fingerprint density at radius 2 is 1.78 bits per heavy atom. The van der Waals surface area contributed by atoms with Crippen LogP contribution >= 0.6 is 11.8 Å². The summed E-state index contributed by atoms with van der Waals surface area (Å²) in [5, 5.41) is 0.694. The Labute approximate surface area is 163 Å². The number of carbonyl (C=O) groups is 2. The van der Waals surface area contributed by atoms with Crippen molar-refractivity contribution >= 4 is 23.6 Å². The van der Waals surface area contributed by atoms with Crippen LogP contribution in [0.1, 0.15) is 43.1 Å². The Bertz CT molecular complexity index is 783. The highest BCUT2D eigenvalue weighted by molar-refractivity contribution is 7.98. The van der Waals surface area contributed by atoms with Gasteiger partial charge in [0.2, 0.25) is 0 Å². The predicted molar refractivity (Wildman–Crippen MR) is 105 cm³/mol. The molecule has 1 atom stereocenters. The third-order valence-electron chi connectivity index (χ3n) is 4.68. The van der Waals surface area contributed by atoms with E-state index in [-0.39, 0.29) is 5.91 Å². The molecule has 0 aliphatic carbocycles. The van der Waals surface area contributed by atoms with E-state index in [0.29, 0.717) is 10.9 Å². The molecule has 2 heterocycles. The molecule has 1 amide bonds. The van der Waals surface area contributed by atoms with Crippen molar-refractivity contribution in [2.45, 2.75) is 43.9 Å². The Morgan fingerprint density at radius 3 is 2.41 bits per heavy atom. The third-order valence-corrected chi connectivity index (χ3v) is 5.34. The summed E-state index contributed by atoms with van der Waals surface area (Å²) in [6.45, 7) is 3.11. The van der Waals surface area contributed by atoms with Gasteiger partial charge < -0.3 is 9.64 Å². The van der Waals surface area contributed by atoms with Crippen molar-refractivity contribution < 1.29 is 14.3 Å². The van der Waals surface area contributed by atoms with Crippen molar-refractivity contribution in [3.05, 3.63) is 42.2 Å². The number of para-hydroxylation sites is 1.